The van der Waals surface area contributed by atoms with E-state index in [2.05, 4.69) is 15.9 Å². The lowest BCUT2D eigenvalue weighted by Crippen LogP contribution is -2.11. The third-order valence-electron chi connectivity index (χ3n) is 2.64. The Hall–Kier alpha value is -1.52. The van der Waals surface area contributed by atoms with Gasteiger partial charge in [-0.2, -0.15) is 0 Å². The molecule has 0 N–H and O–H groups in total. The second kappa shape index (κ2) is 6.77. The van der Waals surface area contributed by atoms with Crippen LogP contribution in [0.15, 0.2) is 46.9 Å². The first-order valence-electron chi connectivity index (χ1n) is 5.85. The van der Waals surface area contributed by atoms with Gasteiger partial charge in [0.1, 0.15) is 11.5 Å². The number of rotatable bonds is 5. The number of benzene rings is 2. The molecule has 0 aliphatic rings. The highest BCUT2D eigenvalue weighted by Crippen LogP contribution is 2.27. The third kappa shape index (κ3) is 3.74. The van der Waals surface area contributed by atoms with Crippen LogP contribution >= 0.6 is 27.5 Å². The van der Waals surface area contributed by atoms with Crippen molar-refractivity contribution in [3.05, 3.63) is 57.5 Å². The van der Waals surface area contributed by atoms with Gasteiger partial charge in [-0.15, -0.1) is 0 Å². The van der Waals surface area contributed by atoms with Crippen molar-refractivity contribution in [2.75, 3.05) is 13.7 Å². The Labute approximate surface area is 130 Å². The third-order valence-corrected chi connectivity index (χ3v) is 3.43. The van der Waals surface area contributed by atoms with E-state index in [1.54, 1.807) is 49.6 Å². The summed E-state index contributed by atoms with van der Waals surface area (Å²) in [5, 5.41) is 0.456. The van der Waals surface area contributed by atoms with Gasteiger partial charge >= 0.3 is 0 Å². The van der Waals surface area contributed by atoms with Crippen molar-refractivity contribution in [2.24, 2.45) is 0 Å². The molecule has 0 heterocycles. The zero-order chi connectivity index (χ0) is 14.5. The first kappa shape index (κ1) is 14.9. The summed E-state index contributed by atoms with van der Waals surface area (Å²) in [6.07, 6.45) is 0. The van der Waals surface area contributed by atoms with Crippen LogP contribution in [0.1, 0.15) is 10.4 Å². The Balaban J connectivity index is 2.04. The van der Waals surface area contributed by atoms with E-state index in [-0.39, 0.29) is 12.4 Å². The van der Waals surface area contributed by atoms with Crippen LogP contribution in [0.4, 0.5) is 0 Å². The van der Waals surface area contributed by atoms with Gasteiger partial charge in [0.25, 0.3) is 0 Å². The standard InChI is InChI=1S/C15H12BrClO3/c1-19-12-4-2-3-10(7-12)14(18)9-20-15-6-5-11(16)8-13(15)17/h2-8H,9H2,1H3. The molecule has 0 aliphatic heterocycles. The van der Waals surface area contributed by atoms with Gasteiger partial charge in [0, 0.05) is 10.0 Å². The van der Waals surface area contributed by atoms with E-state index in [1.165, 1.54) is 0 Å². The van der Waals surface area contributed by atoms with Crippen LogP contribution in [0.2, 0.25) is 5.02 Å². The Kier molecular flexibility index (Phi) is 5.04. The van der Waals surface area contributed by atoms with Crippen molar-refractivity contribution in [1.29, 1.82) is 0 Å². The number of hydrogen-bond acceptors (Lipinski definition) is 3. The lowest BCUT2D eigenvalue weighted by atomic mass is 10.1. The summed E-state index contributed by atoms with van der Waals surface area (Å²) in [5.41, 5.74) is 0.539. The van der Waals surface area contributed by atoms with Gasteiger partial charge in [-0.05, 0) is 30.3 Å². The molecule has 0 radical (unpaired) electrons. The minimum atomic E-state index is -0.136. The fourth-order valence-electron chi connectivity index (χ4n) is 1.62. The average Bonchev–Trinajstić information content (AvgIpc) is 2.46. The monoisotopic (exact) mass is 354 g/mol. The van der Waals surface area contributed by atoms with Crippen molar-refractivity contribution in [3.8, 4) is 11.5 Å². The molecule has 0 atom stereocenters. The molecule has 0 saturated heterocycles. The van der Waals surface area contributed by atoms with E-state index >= 15 is 0 Å². The molecule has 0 aromatic heterocycles. The minimum Gasteiger partial charge on any atom is -0.497 e. The minimum absolute atomic E-state index is 0.0749. The predicted molar refractivity (Wildman–Crippen MR) is 82.0 cm³/mol. The van der Waals surface area contributed by atoms with E-state index in [4.69, 9.17) is 21.1 Å². The van der Waals surface area contributed by atoms with Gasteiger partial charge in [-0.25, -0.2) is 0 Å². The maximum absolute atomic E-state index is 12.0. The molecule has 2 aromatic carbocycles. The molecule has 20 heavy (non-hydrogen) atoms. The van der Waals surface area contributed by atoms with Gasteiger partial charge in [0.05, 0.1) is 12.1 Å². The maximum Gasteiger partial charge on any atom is 0.200 e. The number of methoxy groups -OCH3 is 1. The van der Waals surface area contributed by atoms with Crippen LogP contribution in [0.25, 0.3) is 0 Å². The Morgan fingerprint density at radius 2 is 2.05 bits per heavy atom. The first-order valence-corrected chi connectivity index (χ1v) is 7.02. The lowest BCUT2D eigenvalue weighted by Gasteiger charge is -2.08. The number of halogens is 2. The van der Waals surface area contributed by atoms with E-state index in [0.717, 1.165) is 4.47 Å². The van der Waals surface area contributed by atoms with Crippen molar-refractivity contribution >= 4 is 33.3 Å². The maximum atomic E-state index is 12.0. The van der Waals surface area contributed by atoms with Crippen LogP contribution in [-0.2, 0) is 0 Å². The van der Waals surface area contributed by atoms with E-state index < -0.39 is 0 Å². The molecule has 0 spiro atoms. The second-order valence-corrected chi connectivity index (χ2v) is 5.34. The van der Waals surface area contributed by atoms with E-state index in [1.807, 2.05) is 0 Å². The molecule has 2 aromatic rings. The van der Waals surface area contributed by atoms with E-state index in [9.17, 15) is 4.79 Å². The summed E-state index contributed by atoms with van der Waals surface area (Å²) >= 11 is 9.33. The Morgan fingerprint density at radius 1 is 1.25 bits per heavy atom. The van der Waals surface area contributed by atoms with Gasteiger partial charge in [-0.1, -0.05) is 39.7 Å². The molecule has 0 fully saturated rings. The van der Waals surface area contributed by atoms with Crippen LogP contribution in [0.5, 0.6) is 11.5 Å². The second-order valence-electron chi connectivity index (χ2n) is 4.02. The largest absolute Gasteiger partial charge is 0.497 e. The van der Waals surface area contributed by atoms with Crippen LogP contribution < -0.4 is 9.47 Å². The average molecular weight is 356 g/mol. The fourth-order valence-corrected chi connectivity index (χ4v) is 2.34. The first-order chi connectivity index (χ1) is 9.60. The lowest BCUT2D eigenvalue weighted by molar-refractivity contribution is 0.0921. The number of hydrogen-bond donors (Lipinski definition) is 0. The highest BCUT2D eigenvalue weighted by Gasteiger charge is 2.09. The van der Waals surface area contributed by atoms with E-state index in [0.29, 0.717) is 22.1 Å². The SMILES string of the molecule is COc1cccc(C(=O)COc2ccc(Br)cc2Cl)c1. The van der Waals surface area contributed by atoms with Crippen LogP contribution in [0, 0.1) is 0 Å². The molecule has 5 heteroatoms. The summed E-state index contributed by atoms with van der Waals surface area (Å²) < 4.78 is 11.4. The molecule has 0 unspecified atom stereocenters. The topological polar surface area (TPSA) is 35.5 Å². The van der Waals surface area contributed by atoms with Gasteiger partial charge < -0.3 is 9.47 Å². The summed E-state index contributed by atoms with van der Waals surface area (Å²) in [6, 6.07) is 12.2. The molecule has 0 saturated carbocycles. The summed E-state index contributed by atoms with van der Waals surface area (Å²) in [4.78, 5) is 12.0. The van der Waals surface area contributed by atoms with Gasteiger partial charge in [0.15, 0.2) is 12.4 Å². The van der Waals surface area contributed by atoms with Crippen molar-refractivity contribution < 1.29 is 14.3 Å². The number of carbonyl (C=O) groups is 1. The predicted octanol–water partition coefficient (Wildman–Crippen LogP) is 4.37. The smallest absolute Gasteiger partial charge is 0.200 e. The quantitative estimate of drug-likeness (QED) is 0.747. The highest BCUT2D eigenvalue weighted by molar-refractivity contribution is 9.10. The zero-order valence-electron chi connectivity index (χ0n) is 10.7. The van der Waals surface area contributed by atoms with Crippen molar-refractivity contribution in [1.82, 2.24) is 0 Å². The molecule has 0 amide bonds. The van der Waals surface area contributed by atoms with Crippen LogP contribution in [-0.4, -0.2) is 19.5 Å². The highest BCUT2D eigenvalue weighted by atomic mass is 79.9. The fraction of sp³-hybridized carbons (Fsp3) is 0.133. The molecular weight excluding hydrogens is 344 g/mol. The molecular formula is C15H12BrClO3. The molecule has 3 nitrogen and oxygen atoms in total. The number of Topliss-reactive ketones (excluding diaryl/α,β-unsaturated/α-hetero) is 1. The summed E-state index contributed by atoms with van der Waals surface area (Å²) in [7, 11) is 1.56. The summed E-state index contributed by atoms with van der Waals surface area (Å²) in [6.45, 7) is -0.0749. The molecule has 0 aliphatic carbocycles. The number of ether oxygens (including phenoxy) is 2. The molecule has 104 valence electrons. The Bertz CT molecular complexity index is 628. The van der Waals surface area contributed by atoms with Crippen molar-refractivity contribution in [2.45, 2.75) is 0 Å². The normalized spacial score (nSPS) is 10.2. The van der Waals surface area contributed by atoms with Gasteiger partial charge in [-0.3, -0.25) is 4.79 Å². The van der Waals surface area contributed by atoms with Crippen LogP contribution in [0.3, 0.4) is 0 Å². The Morgan fingerprint density at radius 3 is 2.75 bits per heavy atom. The van der Waals surface area contributed by atoms with Gasteiger partial charge in [0.2, 0.25) is 0 Å². The summed E-state index contributed by atoms with van der Waals surface area (Å²) in [5.74, 6) is 0.978. The number of carbonyl (C=O) groups excluding carboxylic acids is 1. The molecule has 0 bridgehead atoms. The molecule has 2 rings (SSSR count). The number of ketones is 1. The zero-order valence-corrected chi connectivity index (χ0v) is 13.1. The van der Waals surface area contributed by atoms with Crippen molar-refractivity contribution in [3.63, 3.8) is 0 Å².